The van der Waals surface area contributed by atoms with E-state index in [9.17, 15) is 9.59 Å². The van der Waals surface area contributed by atoms with Gasteiger partial charge in [-0.1, -0.05) is 25.1 Å². The van der Waals surface area contributed by atoms with Gasteiger partial charge in [0, 0.05) is 6.54 Å². The van der Waals surface area contributed by atoms with Crippen molar-refractivity contribution in [1.29, 1.82) is 0 Å². The molecule has 0 N–H and O–H groups in total. The Bertz CT molecular complexity index is 1090. The zero-order valence-corrected chi connectivity index (χ0v) is 17.5. The lowest BCUT2D eigenvalue weighted by molar-refractivity contribution is 0.243. The monoisotopic (exact) mass is 411 g/mol. The third kappa shape index (κ3) is 4.05. The quantitative estimate of drug-likeness (QED) is 0.555. The molecule has 1 amide bonds. The number of carbonyl (C=O) groups is 1. The normalized spacial score (nSPS) is 10.7. The molecule has 0 aliphatic carbocycles. The number of para-hydroxylation sites is 2. The van der Waals surface area contributed by atoms with Gasteiger partial charge in [0.25, 0.3) is 0 Å². The first-order valence-electron chi connectivity index (χ1n) is 9.75. The van der Waals surface area contributed by atoms with Crippen molar-refractivity contribution in [2.45, 2.75) is 27.2 Å². The number of nitrogens with zero attached hydrogens (tertiary/aromatic N) is 5. The third-order valence-corrected chi connectivity index (χ3v) is 4.49. The van der Waals surface area contributed by atoms with E-state index < -0.39 is 11.7 Å². The molecule has 0 radical (unpaired) electrons. The molecule has 1 heterocycles. The van der Waals surface area contributed by atoms with E-state index in [0.717, 1.165) is 21.3 Å². The number of methoxy groups -OCH3 is 1. The summed E-state index contributed by atoms with van der Waals surface area (Å²) in [6, 6.07) is 11.9. The van der Waals surface area contributed by atoms with E-state index in [0.29, 0.717) is 36.0 Å². The van der Waals surface area contributed by atoms with Crippen LogP contribution in [0, 0.1) is 6.92 Å². The molecule has 158 valence electrons. The molecule has 3 aromatic rings. The first-order valence-corrected chi connectivity index (χ1v) is 9.75. The van der Waals surface area contributed by atoms with Crippen molar-refractivity contribution in [3.8, 4) is 17.2 Å². The Labute approximate surface area is 174 Å². The van der Waals surface area contributed by atoms with Crippen molar-refractivity contribution < 1.29 is 14.3 Å². The molecule has 1 aromatic heterocycles. The predicted octanol–water partition coefficient (Wildman–Crippen LogP) is 3.03. The second-order valence-electron chi connectivity index (χ2n) is 6.60. The van der Waals surface area contributed by atoms with Crippen LogP contribution in [-0.4, -0.2) is 46.1 Å². The fourth-order valence-electron chi connectivity index (χ4n) is 3.02. The minimum absolute atomic E-state index is 0.318. The SMILES string of the molecule is CCCOc1ccc(C)cc1N(CC)C(=O)n1nnn(-c2ccccc2OC)c1=O. The number of hydrogen-bond donors (Lipinski definition) is 0. The van der Waals surface area contributed by atoms with Gasteiger partial charge < -0.3 is 9.47 Å². The molecule has 0 saturated carbocycles. The molecule has 0 atom stereocenters. The number of aromatic nitrogens is 4. The van der Waals surface area contributed by atoms with E-state index in [2.05, 4.69) is 10.4 Å². The van der Waals surface area contributed by atoms with Crippen LogP contribution in [0.5, 0.6) is 11.5 Å². The van der Waals surface area contributed by atoms with E-state index >= 15 is 0 Å². The van der Waals surface area contributed by atoms with Gasteiger partial charge in [-0.25, -0.2) is 9.59 Å². The summed E-state index contributed by atoms with van der Waals surface area (Å²) in [5.41, 5.74) is 1.25. The van der Waals surface area contributed by atoms with Crippen molar-refractivity contribution >= 4 is 11.7 Å². The Morgan fingerprint density at radius 2 is 1.87 bits per heavy atom. The molecule has 3 rings (SSSR count). The van der Waals surface area contributed by atoms with Gasteiger partial charge in [-0.2, -0.15) is 4.68 Å². The van der Waals surface area contributed by atoms with E-state index in [1.54, 1.807) is 24.3 Å². The number of tetrazole rings is 1. The van der Waals surface area contributed by atoms with Crippen LogP contribution in [0.15, 0.2) is 47.3 Å². The molecule has 2 aromatic carbocycles. The highest BCUT2D eigenvalue weighted by atomic mass is 16.5. The predicted molar refractivity (Wildman–Crippen MR) is 113 cm³/mol. The Hall–Kier alpha value is -3.62. The lowest BCUT2D eigenvalue weighted by atomic mass is 10.2. The average Bonchev–Trinajstić information content (AvgIpc) is 3.14. The number of hydrogen-bond acceptors (Lipinski definition) is 6. The fourth-order valence-corrected chi connectivity index (χ4v) is 3.02. The second kappa shape index (κ2) is 9.25. The van der Waals surface area contributed by atoms with Crippen LogP contribution in [0.3, 0.4) is 0 Å². The summed E-state index contributed by atoms with van der Waals surface area (Å²) < 4.78 is 12.9. The summed E-state index contributed by atoms with van der Waals surface area (Å²) in [7, 11) is 1.49. The maximum absolute atomic E-state index is 13.2. The van der Waals surface area contributed by atoms with Crippen LogP contribution in [0.2, 0.25) is 0 Å². The van der Waals surface area contributed by atoms with Crippen LogP contribution < -0.4 is 20.1 Å². The molecule has 0 fully saturated rings. The molecule has 9 nitrogen and oxygen atoms in total. The Kier molecular flexibility index (Phi) is 6.51. The first-order chi connectivity index (χ1) is 14.5. The summed E-state index contributed by atoms with van der Waals surface area (Å²) in [5, 5.41) is 7.68. The lowest BCUT2D eigenvalue weighted by Gasteiger charge is -2.23. The van der Waals surface area contributed by atoms with Crippen LogP contribution >= 0.6 is 0 Å². The second-order valence-corrected chi connectivity index (χ2v) is 6.60. The topological polar surface area (TPSA) is 91.5 Å². The van der Waals surface area contributed by atoms with E-state index in [-0.39, 0.29) is 0 Å². The summed E-state index contributed by atoms with van der Waals surface area (Å²) >= 11 is 0. The van der Waals surface area contributed by atoms with Crippen molar-refractivity contribution in [2.24, 2.45) is 0 Å². The van der Waals surface area contributed by atoms with Crippen LogP contribution in [0.4, 0.5) is 10.5 Å². The zero-order valence-electron chi connectivity index (χ0n) is 17.5. The average molecular weight is 411 g/mol. The van der Waals surface area contributed by atoms with Crippen LogP contribution in [0.25, 0.3) is 5.69 Å². The minimum atomic E-state index is -0.688. The van der Waals surface area contributed by atoms with Crippen molar-refractivity contribution in [3.63, 3.8) is 0 Å². The standard InChI is InChI=1S/C21H25N5O4/c1-5-13-30-19-12-11-15(3)14-17(19)24(6-2)20(27)26-21(28)25(22-23-26)16-9-7-8-10-18(16)29-4/h7-12,14H,5-6,13H2,1-4H3. The summed E-state index contributed by atoms with van der Waals surface area (Å²) in [5.74, 6) is 1.02. The van der Waals surface area contributed by atoms with Gasteiger partial charge in [0.15, 0.2) is 0 Å². The number of rotatable bonds is 7. The molecule has 0 bridgehead atoms. The van der Waals surface area contributed by atoms with Crippen molar-refractivity contribution in [2.75, 3.05) is 25.2 Å². The molecule has 0 spiro atoms. The highest BCUT2D eigenvalue weighted by Gasteiger charge is 2.25. The smallest absolute Gasteiger partial charge is 0.377 e. The van der Waals surface area contributed by atoms with Crippen molar-refractivity contribution in [1.82, 2.24) is 19.8 Å². The molecule has 9 heteroatoms. The van der Waals surface area contributed by atoms with Gasteiger partial charge in [-0.05, 0) is 60.5 Å². The van der Waals surface area contributed by atoms with Gasteiger partial charge in [0.1, 0.15) is 17.2 Å². The summed E-state index contributed by atoms with van der Waals surface area (Å²) in [4.78, 5) is 27.6. The lowest BCUT2D eigenvalue weighted by Crippen LogP contribution is -2.41. The summed E-state index contributed by atoms with van der Waals surface area (Å²) in [6.07, 6.45) is 0.833. The molecule has 0 saturated heterocycles. The molecule has 0 aliphatic rings. The molecular weight excluding hydrogens is 386 g/mol. The van der Waals surface area contributed by atoms with E-state index in [4.69, 9.17) is 9.47 Å². The number of benzene rings is 2. The van der Waals surface area contributed by atoms with E-state index in [1.165, 1.54) is 12.0 Å². The highest BCUT2D eigenvalue weighted by molar-refractivity contribution is 5.94. The highest BCUT2D eigenvalue weighted by Crippen LogP contribution is 2.30. The van der Waals surface area contributed by atoms with Crippen molar-refractivity contribution in [3.05, 3.63) is 58.5 Å². The number of amides is 1. The molecule has 0 aliphatic heterocycles. The number of carbonyl (C=O) groups excluding carboxylic acids is 1. The largest absolute Gasteiger partial charge is 0.494 e. The van der Waals surface area contributed by atoms with Crippen LogP contribution in [0.1, 0.15) is 25.8 Å². The Morgan fingerprint density at radius 3 is 2.57 bits per heavy atom. The summed E-state index contributed by atoms with van der Waals surface area (Å²) in [6.45, 7) is 6.59. The molecule has 0 unspecified atom stereocenters. The first kappa shape index (κ1) is 21.1. The zero-order chi connectivity index (χ0) is 21.7. The number of ether oxygens (including phenoxy) is 2. The minimum Gasteiger partial charge on any atom is -0.494 e. The van der Waals surface area contributed by atoms with Gasteiger partial charge in [-0.15, -0.1) is 4.68 Å². The Balaban J connectivity index is 2.02. The van der Waals surface area contributed by atoms with Gasteiger partial charge in [0.2, 0.25) is 0 Å². The van der Waals surface area contributed by atoms with Gasteiger partial charge >= 0.3 is 11.7 Å². The van der Waals surface area contributed by atoms with E-state index in [1.807, 2.05) is 39.0 Å². The molecular formula is C21H25N5O4. The Morgan fingerprint density at radius 1 is 1.10 bits per heavy atom. The maximum Gasteiger partial charge on any atom is 0.377 e. The fraction of sp³-hybridized carbons (Fsp3) is 0.333. The third-order valence-electron chi connectivity index (χ3n) is 4.49. The van der Waals surface area contributed by atoms with Gasteiger partial charge in [-0.3, -0.25) is 4.90 Å². The number of aryl methyl sites for hydroxylation is 1. The maximum atomic E-state index is 13.2. The molecule has 30 heavy (non-hydrogen) atoms. The van der Waals surface area contributed by atoms with Crippen LogP contribution in [-0.2, 0) is 0 Å². The van der Waals surface area contributed by atoms with Gasteiger partial charge in [0.05, 0.1) is 19.4 Å². The number of anilines is 1.